The van der Waals surface area contributed by atoms with Gasteiger partial charge < -0.3 is 10.6 Å². The number of nitrogens with one attached hydrogen (secondary N) is 2. The maximum absolute atomic E-state index is 11.7. The molecule has 3 nitrogen and oxygen atoms in total. The predicted molar refractivity (Wildman–Crippen MR) is 85.4 cm³/mol. The average Bonchev–Trinajstić information content (AvgIpc) is 2.97. The zero-order chi connectivity index (χ0) is 14.5. The molecule has 106 valence electrons. The van der Waals surface area contributed by atoms with E-state index in [2.05, 4.69) is 42.0 Å². The van der Waals surface area contributed by atoms with E-state index < -0.39 is 0 Å². The largest absolute Gasteiger partial charge is 0.377 e. The fourth-order valence-electron chi connectivity index (χ4n) is 2.11. The van der Waals surface area contributed by atoms with E-state index in [-0.39, 0.29) is 11.9 Å². The van der Waals surface area contributed by atoms with Gasteiger partial charge in [0.25, 0.3) is 5.91 Å². The van der Waals surface area contributed by atoms with E-state index in [4.69, 9.17) is 0 Å². The number of rotatable bonds is 5. The van der Waals surface area contributed by atoms with E-state index in [0.717, 1.165) is 5.69 Å². The van der Waals surface area contributed by atoms with Crippen molar-refractivity contribution in [3.8, 4) is 0 Å². The molecule has 20 heavy (non-hydrogen) atoms. The summed E-state index contributed by atoms with van der Waals surface area (Å²) in [7, 11) is 1.64. The van der Waals surface area contributed by atoms with Crippen LogP contribution in [0.2, 0.25) is 0 Å². The zero-order valence-electron chi connectivity index (χ0n) is 12.0. The molecule has 0 saturated carbocycles. The molecule has 0 bridgehead atoms. The van der Waals surface area contributed by atoms with Crippen LogP contribution in [-0.2, 0) is 0 Å². The first-order valence-electron chi connectivity index (χ1n) is 6.74. The van der Waals surface area contributed by atoms with Crippen molar-refractivity contribution in [2.24, 2.45) is 5.92 Å². The van der Waals surface area contributed by atoms with Crippen LogP contribution in [0.5, 0.6) is 0 Å². The second-order valence-electron chi connectivity index (χ2n) is 5.04. The van der Waals surface area contributed by atoms with Gasteiger partial charge in [-0.1, -0.05) is 26.0 Å². The first kappa shape index (κ1) is 14.6. The number of hydrogen-bond acceptors (Lipinski definition) is 3. The Morgan fingerprint density at radius 3 is 2.60 bits per heavy atom. The Labute approximate surface area is 124 Å². The molecule has 4 heteroatoms. The number of carbonyl (C=O) groups is 1. The number of hydrogen-bond donors (Lipinski definition) is 2. The maximum Gasteiger partial charge on any atom is 0.251 e. The second kappa shape index (κ2) is 6.57. The smallest absolute Gasteiger partial charge is 0.251 e. The van der Waals surface area contributed by atoms with Gasteiger partial charge in [0.2, 0.25) is 0 Å². The van der Waals surface area contributed by atoms with Crippen LogP contribution in [0.3, 0.4) is 0 Å². The van der Waals surface area contributed by atoms with Gasteiger partial charge in [0.1, 0.15) is 0 Å². The molecule has 0 spiro atoms. The third-order valence-electron chi connectivity index (χ3n) is 3.19. The third-order valence-corrected chi connectivity index (χ3v) is 4.15. The monoisotopic (exact) mass is 288 g/mol. The van der Waals surface area contributed by atoms with E-state index in [1.807, 2.05) is 24.3 Å². The minimum atomic E-state index is -0.0640. The van der Waals surface area contributed by atoms with Crippen molar-refractivity contribution in [1.29, 1.82) is 0 Å². The van der Waals surface area contributed by atoms with Crippen molar-refractivity contribution in [3.05, 3.63) is 52.2 Å². The average molecular weight is 288 g/mol. The third kappa shape index (κ3) is 3.39. The fraction of sp³-hybridized carbons (Fsp3) is 0.312. The molecule has 1 aromatic carbocycles. The molecule has 1 aromatic heterocycles. The van der Waals surface area contributed by atoms with E-state index in [9.17, 15) is 4.79 Å². The topological polar surface area (TPSA) is 41.1 Å². The number of benzene rings is 1. The molecule has 2 N–H and O–H groups in total. The summed E-state index contributed by atoms with van der Waals surface area (Å²) in [5, 5.41) is 8.27. The lowest BCUT2D eigenvalue weighted by Gasteiger charge is -2.22. The molecule has 0 radical (unpaired) electrons. The summed E-state index contributed by atoms with van der Waals surface area (Å²) in [6.07, 6.45) is 0. The molecule has 0 fully saturated rings. The molecule has 2 aromatic rings. The molecule has 1 heterocycles. The highest BCUT2D eigenvalue weighted by atomic mass is 32.1. The summed E-state index contributed by atoms with van der Waals surface area (Å²) < 4.78 is 0. The molecule has 1 amide bonds. The minimum Gasteiger partial charge on any atom is -0.377 e. The Balaban J connectivity index is 2.21. The van der Waals surface area contributed by atoms with Gasteiger partial charge in [-0.25, -0.2) is 0 Å². The molecule has 0 saturated heterocycles. The molecule has 1 atom stereocenters. The van der Waals surface area contributed by atoms with Crippen LogP contribution in [0, 0.1) is 5.92 Å². The van der Waals surface area contributed by atoms with Crippen LogP contribution >= 0.6 is 11.3 Å². The molecule has 0 aliphatic heterocycles. The van der Waals surface area contributed by atoms with E-state index in [0.29, 0.717) is 11.5 Å². The number of amides is 1. The minimum absolute atomic E-state index is 0.0640. The van der Waals surface area contributed by atoms with Crippen molar-refractivity contribution in [1.82, 2.24) is 5.32 Å². The van der Waals surface area contributed by atoms with Gasteiger partial charge in [-0.15, -0.1) is 11.3 Å². The first-order valence-corrected chi connectivity index (χ1v) is 7.62. The summed E-state index contributed by atoms with van der Waals surface area (Å²) in [6, 6.07) is 12.1. The van der Waals surface area contributed by atoms with Gasteiger partial charge in [-0.3, -0.25) is 4.79 Å². The van der Waals surface area contributed by atoms with Gasteiger partial charge in [0.05, 0.1) is 6.04 Å². The highest BCUT2D eigenvalue weighted by Crippen LogP contribution is 2.29. The fourth-order valence-corrected chi connectivity index (χ4v) is 3.06. The molecule has 2 rings (SSSR count). The Kier molecular flexibility index (Phi) is 4.79. The molecule has 1 unspecified atom stereocenters. The summed E-state index contributed by atoms with van der Waals surface area (Å²) in [4.78, 5) is 13.0. The Morgan fingerprint density at radius 2 is 2.00 bits per heavy atom. The lowest BCUT2D eigenvalue weighted by atomic mass is 10.0. The molecular weight excluding hydrogens is 268 g/mol. The van der Waals surface area contributed by atoms with Gasteiger partial charge in [-0.05, 0) is 35.6 Å². The van der Waals surface area contributed by atoms with Crippen LogP contribution in [0.1, 0.15) is 35.1 Å². The van der Waals surface area contributed by atoms with E-state index in [1.54, 1.807) is 18.4 Å². The van der Waals surface area contributed by atoms with Crippen LogP contribution in [-0.4, -0.2) is 13.0 Å². The van der Waals surface area contributed by atoms with Crippen molar-refractivity contribution in [2.75, 3.05) is 12.4 Å². The first-order chi connectivity index (χ1) is 9.61. The summed E-state index contributed by atoms with van der Waals surface area (Å²) in [5.41, 5.74) is 1.64. The van der Waals surface area contributed by atoms with Crippen LogP contribution in [0.4, 0.5) is 5.69 Å². The standard InChI is InChI=1S/C16H20N2OS/c1-11(2)15(14-8-5-9-20-14)18-13-7-4-6-12(10-13)16(19)17-3/h4-11,15,18H,1-3H3,(H,17,19). The quantitative estimate of drug-likeness (QED) is 0.875. The normalized spacial score (nSPS) is 12.2. The highest BCUT2D eigenvalue weighted by Gasteiger charge is 2.17. The predicted octanol–water partition coefficient (Wildman–Crippen LogP) is 3.92. The van der Waals surface area contributed by atoms with E-state index in [1.165, 1.54) is 4.88 Å². The van der Waals surface area contributed by atoms with Gasteiger partial charge in [-0.2, -0.15) is 0 Å². The van der Waals surface area contributed by atoms with Crippen molar-refractivity contribution >= 4 is 22.9 Å². The summed E-state index contributed by atoms with van der Waals surface area (Å²) >= 11 is 1.75. The second-order valence-corrected chi connectivity index (χ2v) is 6.02. The number of anilines is 1. The molecular formula is C16H20N2OS. The number of carbonyl (C=O) groups excluding carboxylic acids is 1. The van der Waals surface area contributed by atoms with Crippen LogP contribution in [0.25, 0.3) is 0 Å². The van der Waals surface area contributed by atoms with Crippen LogP contribution < -0.4 is 10.6 Å². The Hall–Kier alpha value is -1.81. The highest BCUT2D eigenvalue weighted by molar-refractivity contribution is 7.10. The van der Waals surface area contributed by atoms with E-state index >= 15 is 0 Å². The summed E-state index contributed by atoms with van der Waals surface area (Å²) in [6.45, 7) is 4.39. The zero-order valence-corrected chi connectivity index (χ0v) is 12.8. The maximum atomic E-state index is 11.7. The Morgan fingerprint density at radius 1 is 1.20 bits per heavy atom. The Bertz CT molecular complexity index is 564. The van der Waals surface area contributed by atoms with Crippen molar-refractivity contribution < 1.29 is 4.79 Å². The van der Waals surface area contributed by atoms with Gasteiger partial charge >= 0.3 is 0 Å². The van der Waals surface area contributed by atoms with Crippen molar-refractivity contribution in [2.45, 2.75) is 19.9 Å². The lowest BCUT2D eigenvalue weighted by Crippen LogP contribution is -2.19. The van der Waals surface area contributed by atoms with Gasteiger partial charge in [0.15, 0.2) is 0 Å². The van der Waals surface area contributed by atoms with Crippen molar-refractivity contribution in [3.63, 3.8) is 0 Å². The number of thiophene rings is 1. The lowest BCUT2D eigenvalue weighted by molar-refractivity contribution is 0.0963. The summed E-state index contributed by atoms with van der Waals surface area (Å²) in [5.74, 6) is 0.406. The molecule has 0 aliphatic rings. The van der Waals surface area contributed by atoms with Crippen LogP contribution in [0.15, 0.2) is 41.8 Å². The molecule has 0 aliphatic carbocycles. The van der Waals surface area contributed by atoms with Gasteiger partial charge in [0, 0.05) is 23.2 Å². The SMILES string of the molecule is CNC(=O)c1cccc(NC(c2cccs2)C(C)C)c1.